The van der Waals surface area contributed by atoms with Crippen molar-refractivity contribution in [3.63, 3.8) is 0 Å². The predicted molar refractivity (Wildman–Crippen MR) is 106 cm³/mol. The van der Waals surface area contributed by atoms with Gasteiger partial charge in [-0.15, -0.1) is 37.1 Å². The van der Waals surface area contributed by atoms with Gasteiger partial charge in [0.05, 0.1) is 6.61 Å². The van der Waals surface area contributed by atoms with Gasteiger partial charge in [-0.3, -0.25) is 4.99 Å². The maximum absolute atomic E-state index is 12.5. The molecule has 27 heavy (non-hydrogen) atoms. The second-order valence-corrected chi connectivity index (χ2v) is 6.21. The molecule has 1 aliphatic heterocycles. The molecule has 0 amide bonds. The van der Waals surface area contributed by atoms with Gasteiger partial charge < -0.3 is 25.2 Å². The number of para-hydroxylation sites is 1. The number of rotatable bonds is 7. The third kappa shape index (κ3) is 7.70. The first-order chi connectivity index (χ1) is 12.4. The molecule has 1 aliphatic rings. The van der Waals surface area contributed by atoms with Gasteiger partial charge in [0, 0.05) is 44.3 Å². The molecular weight excluding hydrogens is 478 g/mol. The van der Waals surface area contributed by atoms with Crippen LogP contribution in [0.4, 0.5) is 13.2 Å². The molecule has 0 radical (unpaired) electrons. The van der Waals surface area contributed by atoms with E-state index in [0.29, 0.717) is 37.7 Å². The maximum atomic E-state index is 12.5. The highest BCUT2D eigenvalue weighted by Crippen LogP contribution is 2.31. The van der Waals surface area contributed by atoms with Crippen molar-refractivity contribution in [2.45, 2.75) is 25.7 Å². The van der Waals surface area contributed by atoms with Crippen molar-refractivity contribution in [1.29, 1.82) is 0 Å². The van der Waals surface area contributed by atoms with E-state index in [2.05, 4.69) is 20.4 Å². The second-order valence-electron chi connectivity index (χ2n) is 6.21. The fourth-order valence-electron chi connectivity index (χ4n) is 2.86. The van der Waals surface area contributed by atoms with Crippen molar-refractivity contribution in [2.75, 3.05) is 33.4 Å². The van der Waals surface area contributed by atoms with E-state index >= 15 is 0 Å². The van der Waals surface area contributed by atoms with Gasteiger partial charge in [-0.2, -0.15) is 0 Å². The van der Waals surface area contributed by atoms with E-state index in [4.69, 9.17) is 4.74 Å². The summed E-state index contributed by atoms with van der Waals surface area (Å²) < 4.78 is 46.9. The van der Waals surface area contributed by atoms with E-state index in [1.807, 2.05) is 0 Å². The fourth-order valence-corrected chi connectivity index (χ4v) is 2.86. The third-order valence-corrected chi connectivity index (χ3v) is 4.33. The summed E-state index contributed by atoms with van der Waals surface area (Å²) in [4.78, 5) is 4.09. The summed E-state index contributed by atoms with van der Waals surface area (Å²) in [5.74, 6) is 0.208. The van der Waals surface area contributed by atoms with Gasteiger partial charge in [0.15, 0.2) is 5.96 Å². The molecule has 1 heterocycles. The van der Waals surface area contributed by atoms with Crippen LogP contribution in [0.15, 0.2) is 29.3 Å². The Morgan fingerprint density at radius 3 is 2.67 bits per heavy atom. The number of benzene rings is 1. The van der Waals surface area contributed by atoms with Gasteiger partial charge in [0.1, 0.15) is 5.75 Å². The van der Waals surface area contributed by atoms with E-state index in [9.17, 15) is 18.3 Å². The lowest BCUT2D eigenvalue weighted by molar-refractivity contribution is -0.274. The van der Waals surface area contributed by atoms with Gasteiger partial charge in [-0.25, -0.2) is 0 Å². The molecule has 154 valence electrons. The molecule has 1 fully saturated rings. The maximum Gasteiger partial charge on any atom is 0.573 e. The lowest BCUT2D eigenvalue weighted by Crippen LogP contribution is -2.44. The minimum Gasteiger partial charge on any atom is -0.405 e. The van der Waals surface area contributed by atoms with E-state index in [1.165, 1.54) is 12.1 Å². The number of hydrogen-bond acceptors (Lipinski definition) is 4. The Kier molecular flexibility index (Phi) is 9.60. The highest BCUT2D eigenvalue weighted by atomic mass is 127. The molecule has 0 spiro atoms. The number of hydrogen-bond donors (Lipinski definition) is 3. The number of halogens is 4. The Morgan fingerprint density at radius 2 is 2.07 bits per heavy atom. The number of nitrogens with zero attached hydrogens (tertiary/aromatic N) is 1. The summed E-state index contributed by atoms with van der Waals surface area (Å²) in [7, 11) is 1.58. The number of guanidine groups is 1. The topological polar surface area (TPSA) is 75.1 Å². The first-order valence-electron chi connectivity index (χ1n) is 8.34. The zero-order chi connectivity index (χ0) is 19.0. The van der Waals surface area contributed by atoms with Crippen LogP contribution in [0, 0.1) is 5.41 Å². The summed E-state index contributed by atoms with van der Waals surface area (Å²) >= 11 is 0. The Morgan fingerprint density at radius 1 is 1.33 bits per heavy atom. The van der Waals surface area contributed by atoms with E-state index in [0.717, 1.165) is 6.42 Å². The van der Waals surface area contributed by atoms with Crippen LogP contribution in [0.1, 0.15) is 18.4 Å². The zero-order valence-corrected chi connectivity index (χ0v) is 17.3. The molecule has 0 saturated carbocycles. The summed E-state index contributed by atoms with van der Waals surface area (Å²) in [6, 6.07) is 5.95. The molecule has 3 N–H and O–H groups in total. The fraction of sp³-hybridized carbons (Fsp3) is 0.588. The standard InChI is InChI=1S/C17H24F3N3O3.HI/c1-21-15(23-11-16(6-8-24)7-9-25-12-16)22-10-13-4-2-3-5-14(13)26-17(18,19)20;/h2-5,24H,6-12H2,1H3,(H2,21,22,23);1H. The Hall–Kier alpha value is -1.27. The summed E-state index contributed by atoms with van der Waals surface area (Å²) in [6.45, 7) is 1.94. The van der Waals surface area contributed by atoms with Crippen LogP contribution in [0.3, 0.4) is 0 Å². The van der Waals surface area contributed by atoms with Crippen LogP contribution >= 0.6 is 24.0 Å². The number of aliphatic hydroxyl groups is 1. The van der Waals surface area contributed by atoms with Crippen molar-refractivity contribution in [3.05, 3.63) is 29.8 Å². The molecular formula is C17H25F3IN3O3. The van der Waals surface area contributed by atoms with Crippen molar-refractivity contribution in [2.24, 2.45) is 10.4 Å². The molecule has 0 aromatic heterocycles. The molecule has 2 rings (SSSR count). The van der Waals surface area contributed by atoms with Crippen LogP contribution in [-0.2, 0) is 11.3 Å². The van der Waals surface area contributed by atoms with Crippen LogP contribution in [0.2, 0.25) is 0 Å². The highest BCUT2D eigenvalue weighted by molar-refractivity contribution is 14.0. The molecule has 10 heteroatoms. The first kappa shape index (κ1) is 23.8. The first-order valence-corrected chi connectivity index (χ1v) is 8.34. The molecule has 0 aliphatic carbocycles. The Balaban J connectivity index is 0.00000364. The molecule has 1 aromatic rings. The third-order valence-electron chi connectivity index (χ3n) is 4.33. The monoisotopic (exact) mass is 503 g/mol. The van der Waals surface area contributed by atoms with Crippen molar-refractivity contribution < 1.29 is 27.8 Å². The molecule has 0 bridgehead atoms. The smallest absolute Gasteiger partial charge is 0.405 e. The molecule has 1 atom stereocenters. The van der Waals surface area contributed by atoms with E-state index in [-0.39, 0.29) is 48.3 Å². The highest BCUT2D eigenvalue weighted by Gasteiger charge is 2.34. The average molecular weight is 503 g/mol. The van der Waals surface area contributed by atoms with Crippen LogP contribution in [-0.4, -0.2) is 50.8 Å². The van der Waals surface area contributed by atoms with Crippen molar-refractivity contribution >= 4 is 29.9 Å². The van der Waals surface area contributed by atoms with Crippen LogP contribution in [0.5, 0.6) is 5.75 Å². The summed E-state index contributed by atoms with van der Waals surface area (Å²) in [6.07, 6.45) is -3.30. The number of nitrogens with one attached hydrogen (secondary N) is 2. The van der Waals surface area contributed by atoms with Crippen LogP contribution < -0.4 is 15.4 Å². The number of alkyl halides is 3. The van der Waals surface area contributed by atoms with E-state index in [1.54, 1.807) is 19.2 Å². The average Bonchev–Trinajstić information content (AvgIpc) is 3.04. The second kappa shape index (κ2) is 10.9. The molecule has 1 saturated heterocycles. The quantitative estimate of drug-likeness (QED) is 0.303. The minimum atomic E-state index is -4.74. The number of aliphatic hydroxyl groups excluding tert-OH is 1. The molecule has 1 aromatic carbocycles. The predicted octanol–water partition coefficient (Wildman–Crippen LogP) is 2.66. The zero-order valence-electron chi connectivity index (χ0n) is 15.0. The van der Waals surface area contributed by atoms with E-state index < -0.39 is 6.36 Å². The Labute approximate surface area is 173 Å². The lowest BCUT2D eigenvalue weighted by atomic mass is 9.84. The van der Waals surface area contributed by atoms with Crippen molar-refractivity contribution in [1.82, 2.24) is 10.6 Å². The molecule has 1 unspecified atom stereocenters. The van der Waals surface area contributed by atoms with Gasteiger partial charge in [0.2, 0.25) is 0 Å². The minimum absolute atomic E-state index is 0. The number of aliphatic imine (C=N–C) groups is 1. The normalized spacial score (nSPS) is 20.1. The largest absolute Gasteiger partial charge is 0.573 e. The summed E-state index contributed by atoms with van der Waals surface area (Å²) in [5, 5.41) is 15.4. The van der Waals surface area contributed by atoms with Gasteiger partial charge >= 0.3 is 6.36 Å². The Bertz CT molecular complexity index is 609. The lowest BCUT2D eigenvalue weighted by Gasteiger charge is -2.27. The number of ether oxygens (including phenoxy) is 2. The van der Waals surface area contributed by atoms with Crippen molar-refractivity contribution in [3.8, 4) is 5.75 Å². The van der Waals surface area contributed by atoms with Gasteiger partial charge in [-0.05, 0) is 18.9 Å². The molecule has 6 nitrogen and oxygen atoms in total. The van der Waals surface area contributed by atoms with Gasteiger partial charge in [0.25, 0.3) is 0 Å². The SMILES string of the molecule is CN=C(NCc1ccccc1OC(F)(F)F)NCC1(CCO)CCOC1.I. The van der Waals surface area contributed by atoms with Crippen LogP contribution in [0.25, 0.3) is 0 Å². The summed E-state index contributed by atoms with van der Waals surface area (Å²) in [5.41, 5.74) is 0.200. The van der Waals surface area contributed by atoms with Gasteiger partial charge in [-0.1, -0.05) is 18.2 Å².